The zero-order valence-electron chi connectivity index (χ0n) is 15.2. The third-order valence-electron chi connectivity index (χ3n) is 4.04. The Morgan fingerprint density at radius 3 is 2.19 bits per heavy atom. The first-order chi connectivity index (χ1) is 12.5. The molecule has 5 heteroatoms. The van der Waals surface area contributed by atoms with Crippen LogP contribution in [0.2, 0.25) is 0 Å². The Morgan fingerprint density at radius 1 is 0.962 bits per heavy atom. The molecule has 0 unspecified atom stereocenters. The second-order valence-corrected chi connectivity index (χ2v) is 6.85. The Balaban J connectivity index is 2.12. The molecule has 0 aliphatic heterocycles. The average molecular weight is 391 g/mol. The van der Waals surface area contributed by atoms with Crippen LogP contribution in [-0.4, -0.2) is 44.7 Å². The van der Waals surface area contributed by atoms with E-state index in [1.807, 2.05) is 73.6 Å². The van der Waals surface area contributed by atoms with Crippen molar-refractivity contribution < 1.29 is 4.79 Å². The summed E-state index contributed by atoms with van der Waals surface area (Å²) in [4.78, 5) is 16.6. The van der Waals surface area contributed by atoms with Gasteiger partial charge in [-0.25, -0.2) is 0 Å². The molecule has 3 nitrogen and oxygen atoms in total. The van der Waals surface area contributed by atoms with Crippen molar-refractivity contribution in [2.24, 2.45) is 0 Å². The Hall–Kier alpha value is -1.97. The van der Waals surface area contributed by atoms with Gasteiger partial charge in [-0.3, -0.25) is 4.79 Å². The lowest BCUT2D eigenvalue weighted by molar-refractivity contribution is 0.104. The lowest BCUT2D eigenvalue weighted by atomic mass is 10.1. The van der Waals surface area contributed by atoms with E-state index in [9.17, 15) is 4.79 Å². The third kappa shape index (κ3) is 5.79. The van der Waals surface area contributed by atoms with Crippen molar-refractivity contribution in [1.82, 2.24) is 0 Å². The molecule has 0 N–H and O–H groups in total. The van der Waals surface area contributed by atoms with Gasteiger partial charge >= 0.3 is 0 Å². The van der Waals surface area contributed by atoms with Gasteiger partial charge in [-0.15, -0.1) is 23.2 Å². The van der Waals surface area contributed by atoms with Gasteiger partial charge in [-0.1, -0.05) is 30.3 Å². The van der Waals surface area contributed by atoms with Crippen LogP contribution in [0.4, 0.5) is 11.4 Å². The van der Waals surface area contributed by atoms with E-state index in [0.29, 0.717) is 30.4 Å². The average Bonchev–Trinajstić information content (AvgIpc) is 2.66. The monoisotopic (exact) mass is 390 g/mol. The highest BCUT2D eigenvalue weighted by Crippen LogP contribution is 2.18. The summed E-state index contributed by atoms with van der Waals surface area (Å²) in [6.45, 7) is 1.39. The van der Waals surface area contributed by atoms with Crippen molar-refractivity contribution in [3.8, 4) is 0 Å². The van der Waals surface area contributed by atoms with Crippen LogP contribution in [0.1, 0.15) is 15.9 Å². The summed E-state index contributed by atoms with van der Waals surface area (Å²) in [6.07, 6.45) is 3.45. The van der Waals surface area contributed by atoms with Crippen LogP contribution in [0, 0.1) is 0 Å². The lowest BCUT2D eigenvalue weighted by Gasteiger charge is -2.23. The van der Waals surface area contributed by atoms with Gasteiger partial charge in [-0.05, 0) is 35.9 Å². The zero-order chi connectivity index (χ0) is 18.9. The first-order valence-electron chi connectivity index (χ1n) is 8.52. The maximum absolute atomic E-state index is 12.5. The number of carbonyl (C=O) groups is 1. The molecule has 0 aromatic heterocycles. The van der Waals surface area contributed by atoms with Crippen LogP contribution in [0.25, 0.3) is 6.08 Å². The fourth-order valence-corrected chi connectivity index (χ4v) is 2.99. The highest BCUT2D eigenvalue weighted by molar-refractivity contribution is 6.18. The number of rotatable bonds is 9. The topological polar surface area (TPSA) is 23.6 Å². The molecule has 2 rings (SSSR count). The fraction of sp³-hybridized carbons (Fsp3) is 0.286. The van der Waals surface area contributed by atoms with Crippen molar-refractivity contribution in [2.45, 2.75) is 0 Å². The lowest BCUT2D eigenvalue weighted by Crippen LogP contribution is -2.27. The van der Waals surface area contributed by atoms with E-state index in [2.05, 4.69) is 4.90 Å². The summed E-state index contributed by atoms with van der Waals surface area (Å²) < 4.78 is 0. The number of anilines is 2. The van der Waals surface area contributed by atoms with Crippen LogP contribution in [0.3, 0.4) is 0 Å². The minimum Gasteiger partial charge on any atom is -0.378 e. The highest BCUT2D eigenvalue weighted by atomic mass is 35.5. The molecule has 2 aromatic carbocycles. The fourth-order valence-electron chi connectivity index (χ4n) is 2.58. The summed E-state index contributed by atoms with van der Waals surface area (Å²) in [5.41, 5.74) is 3.73. The number of ketones is 1. The van der Waals surface area contributed by atoms with E-state index >= 15 is 0 Å². The molecule has 26 heavy (non-hydrogen) atoms. The van der Waals surface area contributed by atoms with Gasteiger partial charge in [-0.2, -0.15) is 0 Å². The molecule has 0 bridgehead atoms. The van der Waals surface area contributed by atoms with Gasteiger partial charge in [0.05, 0.1) is 0 Å². The van der Waals surface area contributed by atoms with E-state index in [4.69, 9.17) is 23.2 Å². The van der Waals surface area contributed by atoms with Gasteiger partial charge in [0.15, 0.2) is 5.78 Å². The van der Waals surface area contributed by atoms with E-state index in [0.717, 1.165) is 16.9 Å². The molecule has 0 aliphatic rings. The van der Waals surface area contributed by atoms with Gasteiger partial charge < -0.3 is 9.80 Å². The minimum absolute atomic E-state index is 0.0276. The van der Waals surface area contributed by atoms with Crippen molar-refractivity contribution in [3.63, 3.8) is 0 Å². The number of hydrogen-bond donors (Lipinski definition) is 0. The Labute approximate surface area is 165 Å². The van der Waals surface area contributed by atoms with Crippen LogP contribution < -0.4 is 9.80 Å². The van der Waals surface area contributed by atoms with Gasteiger partial charge in [0, 0.05) is 55.9 Å². The summed E-state index contributed by atoms with van der Waals surface area (Å²) in [6, 6.07) is 15.6. The zero-order valence-corrected chi connectivity index (χ0v) is 16.7. The summed E-state index contributed by atoms with van der Waals surface area (Å²) in [5, 5.41) is 0. The number of allylic oxidation sites excluding steroid dienone is 1. The van der Waals surface area contributed by atoms with Crippen molar-refractivity contribution in [1.29, 1.82) is 0 Å². The molecule has 0 aliphatic carbocycles. The van der Waals surface area contributed by atoms with E-state index in [1.54, 1.807) is 6.08 Å². The van der Waals surface area contributed by atoms with Crippen molar-refractivity contribution >= 4 is 46.4 Å². The first kappa shape index (κ1) is 20.3. The minimum atomic E-state index is -0.0276. The molecule has 0 fully saturated rings. The van der Waals surface area contributed by atoms with E-state index in [-0.39, 0.29) is 5.78 Å². The maximum Gasteiger partial charge on any atom is 0.185 e. The number of carbonyl (C=O) groups excluding carboxylic acids is 1. The standard InChI is InChI=1S/C21H24Cl2N2O/c1-24(2)19-9-6-17(7-10-19)8-11-21(26)18-4-3-5-20(16-18)25(14-12-22)15-13-23/h3-11,16H,12-15H2,1-2H3/b11-8+. The summed E-state index contributed by atoms with van der Waals surface area (Å²) >= 11 is 11.7. The molecule has 0 saturated carbocycles. The summed E-state index contributed by atoms with van der Waals surface area (Å²) in [7, 11) is 4.00. The largest absolute Gasteiger partial charge is 0.378 e. The molecular formula is C21H24Cl2N2O. The Kier molecular flexibility index (Phi) is 8.02. The van der Waals surface area contributed by atoms with Gasteiger partial charge in [0.1, 0.15) is 0 Å². The quantitative estimate of drug-likeness (QED) is 0.344. The van der Waals surface area contributed by atoms with Crippen molar-refractivity contribution in [3.05, 3.63) is 65.7 Å². The molecule has 138 valence electrons. The van der Waals surface area contributed by atoms with E-state index in [1.165, 1.54) is 0 Å². The van der Waals surface area contributed by atoms with Crippen LogP contribution in [0.5, 0.6) is 0 Å². The summed E-state index contributed by atoms with van der Waals surface area (Å²) in [5.74, 6) is 0.996. The predicted molar refractivity (Wildman–Crippen MR) is 114 cm³/mol. The number of hydrogen-bond acceptors (Lipinski definition) is 3. The molecule has 0 spiro atoms. The maximum atomic E-state index is 12.5. The molecule has 0 heterocycles. The smallest absolute Gasteiger partial charge is 0.185 e. The molecular weight excluding hydrogens is 367 g/mol. The van der Waals surface area contributed by atoms with Crippen LogP contribution in [-0.2, 0) is 0 Å². The SMILES string of the molecule is CN(C)c1ccc(/C=C/C(=O)c2cccc(N(CCCl)CCCl)c2)cc1. The van der Waals surface area contributed by atoms with E-state index < -0.39 is 0 Å². The van der Waals surface area contributed by atoms with Crippen LogP contribution in [0.15, 0.2) is 54.6 Å². The number of benzene rings is 2. The second kappa shape index (κ2) is 10.2. The number of alkyl halides is 2. The second-order valence-electron chi connectivity index (χ2n) is 6.10. The predicted octanol–water partition coefficient (Wildman–Crippen LogP) is 4.93. The normalized spacial score (nSPS) is 10.9. The Bertz CT molecular complexity index is 736. The Morgan fingerprint density at radius 2 is 1.62 bits per heavy atom. The molecule has 0 atom stereocenters. The van der Waals surface area contributed by atoms with Gasteiger partial charge in [0.25, 0.3) is 0 Å². The third-order valence-corrected chi connectivity index (χ3v) is 4.38. The number of halogens is 2. The van der Waals surface area contributed by atoms with Gasteiger partial charge in [0.2, 0.25) is 0 Å². The van der Waals surface area contributed by atoms with Crippen LogP contribution >= 0.6 is 23.2 Å². The molecule has 0 amide bonds. The highest BCUT2D eigenvalue weighted by Gasteiger charge is 2.08. The number of nitrogens with zero attached hydrogens (tertiary/aromatic N) is 2. The van der Waals surface area contributed by atoms with Crippen molar-refractivity contribution in [2.75, 3.05) is 48.7 Å². The molecule has 0 radical (unpaired) electrons. The molecule has 2 aromatic rings. The first-order valence-corrected chi connectivity index (χ1v) is 9.59. The molecule has 0 saturated heterocycles.